The van der Waals surface area contributed by atoms with E-state index in [0.717, 1.165) is 6.08 Å². The highest BCUT2D eigenvalue weighted by Crippen LogP contribution is 2.26. The summed E-state index contributed by atoms with van der Waals surface area (Å²) in [5, 5.41) is 19.2. The Morgan fingerprint density at radius 3 is 2.64 bits per heavy atom. The molecule has 78 valence electrons. The van der Waals surface area contributed by atoms with Crippen molar-refractivity contribution in [3.8, 4) is 0 Å². The summed E-state index contributed by atoms with van der Waals surface area (Å²) in [4.78, 5) is 21.9. The van der Waals surface area contributed by atoms with Crippen LogP contribution >= 0.6 is 0 Å². The molecule has 1 aliphatic rings. The molecule has 0 aromatic heterocycles. The third-order valence-corrected chi connectivity index (χ3v) is 2.24. The van der Waals surface area contributed by atoms with Crippen molar-refractivity contribution in [1.29, 1.82) is 0 Å². The number of carbonyl (C=O) groups is 2. The lowest BCUT2D eigenvalue weighted by atomic mass is 9.91. The van der Waals surface area contributed by atoms with Crippen molar-refractivity contribution < 1.29 is 24.5 Å². The highest BCUT2D eigenvalue weighted by Gasteiger charge is 2.50. The van der Waals surface area contributed by atoms with Gasteiger partial charge in [0, 0.05) is 6.92 Å². The number of hydrogen-bond acceptors (Lipinski definition) is 5. The molecule has 1 rings (SSSR count). The van der Waals surface area contributed by atoms with E-state index in [1.807, 2.05) is 0 Å². The maximum Gasteiger partial charge on any atom is 0.303 e. The maximum atomic E-state index is 11.2. The molecule has 14 heavy (non-hydrogen) atoms. The van der Waals surface area contributed by atoms with Crippen molar-refractivity contribution in [1.82, 2.24) is 0 Å². The summed E-state index contributed by atoms with van der Waals surface area (Å²) >= 11 is 0. The van der Waals surface area contributed by atoms with Crippen molar-refractivity contribution >= 4 is 11.8 Å². The molecule has 2 N–H and O–H groups in total. The van der Waals surface area contributed by atoms with Crippen LogP contribution in [0.25, 0.3) is 0 Å². The van der Waals surface area contributed by atoms with Gasteiger partial charge in [0.15, 0.2) is 11.4 Å². The van der Waals surface area contributed by atoms with Gasteiger partial charge in [0.2, 0.25) is 0 Å². The summed E-state index contributed by atoms with van der Waals surface area (Å²) in [6, 6.07) is 0. The molecule has 3 unspecified atom stereocenters. The first-order valence-corrected chi connectivity index (χ1v) is 4.19. The Hall–Kier alpha value is -1.20. The van der Waals surface area contributed by atoms with E-state index in [-0.39, 0.29) is 0 Å². The van der Waals surface area contributed by atoms with Gasteiger partial charge in [-0.25, -0.2) is 0 Å². The molecule has 0 amide bonds. The zero-order chi connectivity index (χ0) is 10.9. The average molecular weight is 200 g/mol. The minimum Gasteiger partial charge on any atom is -0.459 e. The normalized spacial score (nSPS) is 33.1. The maximum absolute atomic E-state index is 11.2. The Morgan fingerprint density at radius 1 is 1.71 bits per heavy atom. The molecule has 5 nitrogen and oxygen atoms in total. The lowest BCUT2D eigenvalue weighted by molar-refractivity contribution is -0.174. The number of aliphatic hydroxyl groups is 2. The first kappa shape index (κ1) is 10.9. The summed E-state index contributed by atoms with van der Waals surface area (Å²) < 4.78 is 4.67. The molecule has 0 saturated carbocycles. The van der Waals surface area contributed by atoms with E-state index >= 15 is 0 Å². The largest absolute Gasteiger partial charge is 0.459 e. The zero-order valence-electron chi connectivity index (χ0n) is 7.93. The second kappa shape index (κ2) is 3.51. The molecule has 0 heterocycles. The van der Waals surface area contributed by atoms with Crippen LogP contribution in [0.2, 0.25) is 0 Å². The van der Waals surface area contributed by atoms with Crippen LogP contribution in [-0.2, 0) is 14.3 Å². The minimum atomic E-state index is -2.04. The van der Waals surface area contributed by atoms with E-state index in [9.17, 15) is 19.8 Å². The molecule has 0 saturated heterocycles. The van der Waals surface area contributed by atoms with E-state index in [4.69, 9.17) is 0 Å². The average Bonchev–Trinajstić information content (AvgIpc) is 2.33. The first-order chi connectivity index (χ1) is 6.39. The standard InChI is InChI=1S/C9H12O5/c1-5(14-6(2)10)9(13)7(11)3-4-8(9)12/h3-5,7,11,13H,1-2H3. The summed E-state index contributed by atoms with van der Waals surface area (Å²) in [6.45, 7) is 2.52. The van der Waals surface area contributed by atoms with Crippen LogP contribution in [0.15, 0.2) is 12.2 Å². The fraction of sp³-hybridized carbons (Fsp3) is 0.556. The van der Waals surface area contributed by atoms with Crippen LogP contribution in [0.1, 0.15) is 13.8 Å². The van der Waals surface area contributed by atoms with Gasteiger partial charge < -0.3 is 14.9 Å². The quantitative estimate of drug-likeness (QED) is 0.568. The number of ketones is 1. The van der Waals surface area contributed by atoms with Gasteiger partial charge in [0.1, 0.15) is 12.2 Å². The van der Waals surface area contributed by atoms with E-state index in [0.29, 0.717) is 0 Å². The summed E-state index contributed by atoms with van der Waals surface area (Å²) in [6.07, 6.45) is -0.158. The molecule has 0 aromatic rings. The van der Waals surface area contributed by atoms with Gasteiger partial charge in [-0.3, -0.25) is 9.59 Å². The molecule has 0 spiro atoms. The Morgan fingerprint density at radius 2 is 2.29 bits per heavy atom. The molecule has 0 aliphatic heterocycles. The molecule has 0 bridgehead atoms. The fourth-order valence-electron chi connectivity index (χ4n) is 1.38. The Bertz CT molecular complexity index is 296. The van der Waals surface area contributed by atoms with E-state index in [1.54, 1.807) is 0 Å². The van der Waals surface area contributed by atoms with Crippen molar-refractivity contribution in [2.45, 2.75) is 31.7 Å². The summed E-state index contributed by atoms with van der Waals surface area (Å²) in [5.74, 6) is -1.27. The molecule has 0 radical (unpaired) electrons. The van der Waals surface area contributed by atoms with Crippen LogP contribution in [0.5, 0.6) is 0 Å². The van der Waals surface area contributed by atoms with Crippen molar-refractivity contribution in [3.63, 3.8) is 0 Å². The minimum absolute atomic E-state index is 0.613. The molecular formula is C9H12O5. The van der Waals surface area contributed by atoms with Gasteiger partial charge in [-0.05, 0) is 19.1 Å². The predicted octanol–water partition coefficient (Wildman–Crippen LogP) is -0.831. The van der Waals surface area contributed by atoms with Crippen LogP contribution in [-0.4, -0.2) is 39.8 Å². The molecule has 1 aliphatic carbocycles. The van der Waals surface area contributed by atoms with Gasteiger partial charge in [0.25, 0.3) is 0 Å². The van der Waals surface area contributed by atoms with Crippen LogP contribution in [0, 0.1) is 0 Å². The van der Waals surface area contributed by atoms with E-state index in [1.165, 1.54) is 19.9 Å². The molecule has 0 fully saturated rings. The topological polar surface area (TPSA) is 83.8 Å². The highest BCUT2D eigenvalue weighted by atomic mass is 16.6. The second-order valence-electron chi connectivity index (χ2n) is 3.25. The molecular weight excluding hydrogens is 188 g/mol. The van der Waals surface area contributed by atoms with E-state index < -0.39 is 29.6 Å². The Balaban J connectivity index is 2.84. The van der Waals surface area contributed by atoms with Crippen molar-refractivity contribution in [2.24, 2.45) is 0 Å². The van der Waals surface area contributed by atoms with Crippen molar-refractivity contribution in [2.75, 3.05) is 0 Å². The van der Waals surface area contributed by atoms with Gasteiger partial charge in [0.05, 0.1) is 0 Å². The number of hydrogen-bond donors (Lipinski definition) is 2. The van der Waals surface area contributed by atoms with Gasteiger partial charge in [-0.2, -0.15) is 0 Å². The highest BCUT2D eigenvalue weighted by molar-refractivity contribution is 6.01. The van der Waals surface area contributed by atoms with Crippen LogP contribution < -0.4 is 0 Å². The number of aliphatic hydroxyl groups excluding tert-OH is 1. The Kier molecular flexibility index (Phi) is 2.73. The first-order valence-electron chi connectivity index (χ1n) is 4.19. The molecule has 0 aromatic carbocycles. The predicted molar refractivity (Wildman–Crippen MR) is 46.3 cm³/mol. The molecule has 3 atom stereocenters. The number of carbonyl (C=O) groups excluding carboxylic acids is 2. The summed E-state index contributed by atoms with van der Waals surface area (Å²) in [7, 11) is 0. The van der Waals surface area contributed by atoms with Gasteiger partial charge in [-0.15, -0.1) is 0 Å². The lowest BCUT2D eigenvalue weighted by Gasteiger charge is -2.30. The van der Waals surface area contributed by atoms with Crippen molar-refractivity contribution in [3.05, 3.63) is 12.2 Å². The van der Waals surface area contributed by atoms with Crippen LogP contribution in [0.4, 0.5) is 0 Å². The molecule has 5 heteroatoms. The van der Waals surface area contributed by atoms with Crippen LogP contribution in [0.3, 0.4) is 0 Å². The third-order valence-electron chi connectivity index (χ3n) is 2.24. The fourth-order valence-corrected chi connectivity index (χ4v) is 1.38. The SMILES string of the molecule is CC(=O)OC(C)C1(O)C(=O)C=CC1O. The summed E-state index contributed by atoms with van der Waals surface area (Å²) in [5.41, 5.74) is -2.04. The smallest absolute Gasteiger partial charge is 0.303 e. The van der Waals surface area contributed by atoms with Gasteiger partial charge in [-0.1, -0.05) is 0 Å². The van der Waals surface area contributed by atoms with E-state index in [2.05, 4.69) is 4.74 Å². The monoisotopic (exact) mass is 200 g/mol. The van der Waals surface area contributed by atoms with Gasteiger partial charge >= 0.3 is 5.97 Å². The third kappa shape index (κ3) is 1.56. The zero-order valence-corrected chi connectivity index (χ0v) is 7.93. The number of esters is 1. The second-order valence-corrected chi connectivity index (χ2v) is 3.25. The Labute approximate surface area is 81.0 Å². The number of rotatable bonds is 2. The lowest BCUT2D eigenvalue weighted by Crippen LogP contribution is -2.54. The number of ether oxygens (including phenoxy) is 1.